The average molecular weight is 567 g/mol. The zero-order valence-corrected chi connectivity index (χ0v) is 26.9. The van der Waals surface area contributed by atoms with Crippen molar-refractivity contribution in [3.8, 4) is 0 Å². The molecule has 0 spiro atoms. The molecular formula is C34H50O5Si. The summed E-state index contributed by atoms with van der Waals surface area (Å²) in [6.07, 6.45) is 9.10. The fourth-order valence-corrected chi connectivity index (χ4v) is 10.1. The molecule has 0 radical (unpaired) electrons. The molecule has 40 heavy (non-hydrogen) atoms. The summed E-state index contributed by atoms with van der Waals surface area (Å²) >= 11 is 0. The molecule has 3 fully saturated rings. The number of hydrogen-bond donors (Lipinski definition) is 0. The zero-order chi connectivity index (χ0) is 29.1. The maximum Gasteiger partial charge on any atom is 0.338 e. The molecule has 1 aromatic rings. The average Bonchev–Trinajstić information content (AvgIpc) is 3.18. The number of carbonyl (C=O) groups excluding carboxylic acids is 2. The van der Waals surface area contributed by atoms with Gasteiger partial charge in [0.25, 0.3) is 0 Å². The molecule has 1 aromatic carbocycles. The van der Waals surface area contributed by atoms with Gasteiger partial charge in [-0.3, -0.25) is 4.79 Å². The zero-order valence-electron chi connectivity index (χ0n) is 25.9. The fourth-order valence-electron chi connectivity index (χ4n) is 8.61. The van der Waals surface area contributed by atoms with Gasteiger partial charge < -0.3 is 13.9 Å². The van der Waals surface area contributed by atoms with Gasteiger partial charge in [-0.15, -0.1) is 0 Å². The first-order valence-electron chi connectivity index (χ1n) is 15.5. The lowest BCUT2D eigenvalue weighted by Crippen LogP contribution is -2.62. The second-order valence-corrected chi connectivity index (χ2v) is 19.8. The molecule has 0 amide bonds. The van der Waals surface area contributed by atoms with Crippen molar-refractivity contribution in [2.45, 2.75) is 123 Å². The van der Waals surface area contributed by atoms with Crippen molar-refractivity contribution in [3.63, 3.8) is 0 Å². The van der Waals surface area contributed by atoms with Gasteiger partial charge in [0, 0.05) is 18.8 Å². The summed E-state index contributed by atoms with van der Waals surface area (Å²) < 4.78 is 19.9. The molecule has 3 saturated carbocycles. The normalized spacial score (nSPS) is 37.5. The minimum Gasteiger partial charge on any atom is -0.458 e. The molecule has 0 aliphatic heterocycles. The van der Waals surface area contributed by atoms with E-state index in [-0.39, 0.29) is 58.0 Å². The van der Waals surface area contributed by atoms with Gasteiger partial charge in [-0.2, -0.15) is 0 Å². The highest BCUT2D eigenvalue weighted by Crippen LogP contribution is 2.66. The largest absolute Gasteiger partial charge is 0.458 e. The topological polar surface area (TPSA) is 61.8 Å². The van der Waals surface area contributed by atoms with E-state index in [9.17, 15) is 9.59 Å². The van der Waals surface area contributed by atoms with Crippen LogP contribution in [0.25, 0.3) is 0 Å². The first-order chi connectivity index (χ1) is 18.7. The van der Waals surface area contributed by atoms with Gasteiger partial charge in [0.2, 0.25) is 0 Å². The maximum absolute atomic E-state index is 13.6. The van der Waals surface area contributed by atoms with E-state index < -0.39 is 8.32 Å². The SMILES string of the molecule is CC(=O)O[C@H]1C=C2CCCC[C@]2(C)C2C1C1CC[C@H](O[Si](C)(C)C(C)(C)C)[C@@]1(C)C[C@@H]2OC(=O)c1ccccc1. The van der Waals surface area contributed by atoms with E-state index in [4.69, 9.17) is 13.9 Å². The second kappa shape index (κ2) is 10.4. The van der Waals surface area contributed by atoms with Crippen molar-refractivity contribution in [3.05, 3.63) is 47.5 Å². The molecule has 220 valence electrons. The predicted octanol–water partition coefficient (Wildman–Crippen LogP) is 8.11. The van der Waals surface area contributed by atoms with Crippen LogP contribution < -0.4 is 0 Å². The van der Waals surface area contributed by atoms with E-state index in [1.807, 2.05) is 30.3 Å². The summed E-state index contributed by atoms with van der Waals surface area (Å²) in [4.78, 5) is 26.1. The Balaban J connectivity index is 1.59. The van der Waals surface area contributed by atoms with E-state index >= 15 is 0 Å². The smallest absolute Gasteiger partial charge is 0.338 e. The summed E-state index contributed by atoms with van der Waals surface area (Å²) in [5, 5.41) is 0.107. The summed E-state index contributed by atoms with van der Waals surface area (Å²) in [5.74, 6) is 0.0356. The highest BCUT2D eigenvalue weighted by atomic mass is 28.4. The standard InChI is InChI=1S/C34H50O5Si/c1-22(35)37-26-20-24-16-12-13-19-33(24,5)30-27(38-31(36)23-14-10-9-11-15-23)21-34(6)25(29(26)30)17-18-28(34)39-40(7,8)32(2,3)4/h9-11,14-15,20,25-30H,12-13,16-19,21H2,1-8H3/t25?,26-,27-,28-,29?,30?,33-,34-/m0/s1. The third-order valence-electron chi connectivity index (χ3n) is 11.7. The van der Waals surface area contributed by atoms with Crippen molar-refractivity contribution in [1.82, 2.24) is 0 Å². The molecule has 4 aliphatic carbocycles. The lowest BCUT2D eigenvalue weighted by molar-refractivity contribution is -0.177. The van der Waals surface area contributed by atoms with Crippen LogP contribution in [0.15, 0.2) is 42.0 Å². The summed E-state index contributed by atoms with van der Waals surface area (Å²) in [5.41, 5.74) is 1.74. The van der Waals surface area contributed by atoms with Gasteiger partial charge in [-0.05, 0) is 91.6 Å². The van der Waals surface area contributed by atoms with Crippen LogP contribution in [0.1, 0.15) is 96.8 Å². The van der Waals surface area contributed by atoms with Crippen LogP contribution in [-0.4, -0.2) is 38.6 Å². The molecule has 0 aromatic heterocycles. The Hall–Kier alpha value is -1.92. The number of allylic oxidation sites excluding steroid dienone is 1. The van der Waals surface area contributed by atoms with Crippen LogP contribution in [0, 0.1) is 28.6 Å². The van der Waals surface area contributed by atoms with Gasteiger partial charge in [-0.25, -0.2) is 4.79 Å². The van der Waals surface area contributed by atoms with Crippen molar-refractivity contribution in [1.29, 1.82) is 0 Å². The first kappa shape index (κ1) is 29.6. The summed E-state index contributed by atoms with van der Waals surface area (Å²) in [6, 6.07) is 9.37. The quantitative estimate of drug-likeness (QED) is 0.205. The number of benzene rings is 1. The van der Waals surface area contributed by atoms with E-state index in [2.05, 4.69) is 53.8 Å². The van der Waals surface area contributed by atoms with Gasteiger partial charge in [0.05, 0.1) is 11.7 Å². The van der Waals surface area contributed by atoms with Gasteiger partial charge in [0.1, 0.15) is 12.2 Å². The van der Waals surface area contributed by atoms with Gasteiger partial charge >= 0.3 is 11.9 Å². The van der Waals surface area contributed by atoms with Crippen molar-refractivity contribution in [2.75, 3.05) is 0 Å². The predicted molar refractivity (Wildman–Crippen MR) is 160 cm³/mol. The molecular weight excluding hydrogens is 516 g/mol. The summed E-state index contributed by atoms with van der Waals surface area (Å²) in [7, 11) is -2.03. The lowest BCUT2D eigenvalue weighted by atomic mass is 9.46. The third-order valence-corrected chi connectivity index (χ3v) is 16.1. The lowest BCUT2D eigenvalue weighted by Gasteiger charge is -2.61. The number of carbonyl (C=O) groups is 2. The van der Waals surface area contributed by atoms with E-state index in [0.29, 0.717) is 11.5 Å². The maximum atomic E-state index is 13.6. The number of rotatable bonds is 5. The Labute approximate surface area is 242 Å². The molecule has 8 atom stereocenters. The minimum atomic E-state index is -2.03. The molecule has 0 heterocycles. The Bertz CT molecular complexity index is 1150. The molecule has 0 saturated heterocycles. The number of hydrogen-bond acceptors (Lipinski definition) is 5. The van der Waals surface area contributed by atoms with Crippen LogP contribution in [-0.2, 0) is 18.7 Å². The van der Waals surface area contributed by atoms with Gasteiger partial charge in [0.15, 0.2) is 8.32 Å². The molecule has 0 N–H and O–H groups in total. The first-order valence-corrected chi connectivity index (χ1v) is 18.4. The summed E-state index contributed by atoms with van der Waals surface area (Å²) in [6.45, 7) is 17.8. The van der Waals surface area contributed by atoms with Crippen molar-refractivity contribution < 1.29 is 23.5 Å². The van der Waals surface area contributed by atoms with Crippen LogP contribution in [0.3, 0.4) is 0 Å². The van der Waals surface area contributed by atoms with Crippen LogP contribution in [0.2, 0.25) is 18.1 Å². The molecule has 4 aliphatic rings. The third kappa shape index (κ3) is 5.02. The molecule has 0 bridgehead atoms. The fraction of sp³-hybridized carbons (Fsp3) is 0.706. The Morgan fingerprint density at radius 3 is 2.35 bits per heavy atom. The monoisotopic (exact) mass is 566 g/mol. The Morgan fingerprint density at radius 2 is 1.70 bits per heavy atom. The second-order valence-electron chi connectivity index (χ2n) is 15.1. The van der Waals surface area contributed by atoms with E-state index in [1.165, 1.54) is 18.9 Å². The van der Waals surface area contributed by atoms with Crippen molar-refractivity contribution >= 4 is 20.3 Å². The highest BCUT2D eigenvalue weighted by Gasteiger charge is 2.66. The van der Waals surface area contributed by atoms with E-state index in [0.717, 1.165) is 38.5 Å². The number of esters is 2. The van der Waals surface area contributed by atoms with Crippen LogP contribution >= 0.6 is 0 Å². The highest BCUT2D eigenvalue weighted by molar-refractivity contribution is 6.74. The van der Waals surface area contributed by atoms with Crippen LogP contribution in [0.4, 0.5) is 0 Å². The van der Waals surface area contributed by atoms with E-state index in [1.54, 1.807) is 0 Å². The van der Waals surface area contributed by atoms with Gasteiger partial charge in [-0.1, -0.05) is 64.8 Å². The minimum absolute atomic E-state index is 0.0685. The molecule has 5 rings (SSSR count). The molecule has 5 nitrogen and oxygen atoms in total. The Morgan fingerprint density at radius 1 is 1.00 bits per heavy atom. The van der Waals surface area contributed by atoms with Crippen molar-refractivity contribution in [2.24, 2.45) is 28.6 Å². The van der Waals surface area contributed by atoms with Crippen LogP contribution in [0.5, 0.6) is 0 Å². The molecule has 6 heteroatoms. The Kier molecular flexibility index (Phi) is 7.70. The number of fused-ring (bicyclic) bond motifs is 5. The number of ether oxygens (including phenoxy) is 2. The molecule has 3 unspecified atom stereocenters.